The van der Waals surface area contributed by atoms with Crippen molar-refractivity contribution >= 4 is 34.7 Å². The van der Waals surface area contributed by atoms with Crippen molar-refractivity contribution in [2.24, 2.45) is 0 Å². The number of hydrogen-bond donors (Lipinski definition) is 2. The van der Waals surface area contributed by atoms with Gasteiger partial charge in [-0.3, -0.25) is 4.98 Å². The molecule has 0 unspecified atom stereocenters. The molecular weight excluding hydrogens is 276 g/mol. The van der Waals surface area contributed by atoms with Crippen molar-refractivity contribution in [2.45, 2.75) is 6.42 Å². The van der Waals surface area contributed by atoms with Gasteiger partial charge in [-0.2, -0.15) is 0 Å². The molecule has 0 aliphatic heterocycles. The van der Waals surface area contributed by atoms with E-state index in [9.17, 15) is 4.79 Å². The van der Waals surface area contributed by atoms with E-state index in [-0.39, 0.29) is 5.69 Å². The molecule has 0 amide bonds. The fourth-order valence-corrected chi connectivity index (χ4v) is 2.17. The van der Waals surface area contributed by atoms with Gasteiger partial charge in [0.2, 0.25) is 0 Å². The van der Waals surface area contributed by atoms with E-state index in [0.717, 1.165) is 5.01 Å². The largest absolute Gasteiger partial charge is 0.476 e. The third-order valence-corrected chi connectivity index (χ3v) is 3.11. The third-order valence-electron chi connectivity index (χ3n) is 2.02. The predicted molar refractivity (Wildman–Crippen MR) is 68.3 cm³/mol. The van der Waals surface area contributed by atoms with E-state index in [4.69, 9.17) is 16.7 Å². The normalized spacial score (nSPS) is 10.3. The van der Waals surface area contributed by atoms with Gasteiger partial charge < -0.3 is 10.4 Å². The molecule has 0 aliphatic carbocycles. The van der Waals surface area contributed by atoms with Crippen LogP contribution in [0.5, 0.6) is 0 Å². The van der Waals surface area contributed by atoms with Gasteiger partial charge in [0.05, 0.1) is 17.4 Å². The van der Waals surface area contributed by atoms with Crippen LogP contribution in [0.4, 0.5) is 5.82 Å². The number of rotatable bonds is 5. The Bertz CT molecular complexity index is 560. The van der Waals surface area contributed by atoms with E-state index in [1.807, 2.05) is 0 Å². The van der Waals surface area contributed by atoms with Crippen LogP contribution in [0.25, 0.3) is 0 Å². The summed E-state index contributed by atoms with van der Waals surface area (Å²) in [5.41, 5.74) is 0.0811. The third kappa shape index (κ3) is 3.38. The summed E-state index contributed by atoms with van der Waals surface area (Å²) in [6.07, 6.45) is 3.63. The molecule has 0 atom stereocenters. The quantitative estimate of drug-likeness (QED) is 0.872. The fraction of sp³-hybridized carbons (Fsp3) is 0.200. The van der Waals surface area contributed by atoms with Crippen LogP contribution in [0.2, 0.25) is 5.15 Å². The number of nitrogens with one attached hydrogen (secondary N) is 1. The monoisotopic (exact) mass is 284 g/mol. The maximum atomic E-state index is 10.6. The van der Waals surface area contributed by atoms with Crippen LogP contribution in [-0.2, 0) is 6.42 Å². The van der Waals surface area contributed by atoms with E-state index < -0.39 is 5.97 Å². The lowest BCUT2D eigenvalue weighted by Gasteiger charge is -2.03. The highest BCUT2D eigenvalue weighted by atomic mass is 35.5. The van der Waals surface area contributed by atoms with Crippen molar-refractivity contribution in [3.05, 3.63) is 33.6 Å². The molecule has 18 heavy (non-hydrogen) atoms. The Morgan fingerprint density at radius 1 is 1.44 bits per heavy atom. The number of thiazole rings is 1. The summed E-state index contributed by atoms with van der Waals surface area (Å²) in [5, 5.41) is 14.4. The highest BCUT2D eigenvalue weighted by molar-refractivity contribution is 7.09. The molecule has 0 saturated carbocycles. The minimum absolute atomic E-state index is 0.0811. The second-order valence-corrected chi connectivity index (χ2v) is 4.67. The van der Waals surface area contributed by atoms with Crippen LogP contribution in [0.3, 0.4) is 0 Å². The second kappa shape index (κ2) is 5.74. The highest BCUT2D eigenvalue weighted by Gasteiger charge is 2.08. The Morgan fingerprint density at radius 3 is 2.94 bits per heavy atom. The first-order chi connectivity index (χ1) is 8.65. The zero-order valence-electron chi connectivity index (χ0n) is 9.13. The SMILES string of the molecule is O=C(O)c1csc(CCNc2cncc(Cl)n2)n1. The first kappa shape index (κ1) is 12.7. The molecule has 0 fully saturated rings. The molecule has 2 heterocycles. The van der Waals surface area contributed by atoms with E-state index in [0.29, 0.717) is 23.9 Å². The van der Waals surface area contributed by atoms with Gasteiger partial charge in [0, 0.05) is 18.3 Å². The number of aromatic nitrogens is 3. The summed E-state index contributed by atoms with van der Waals surface area (Å²) in [6, 6.07) is 0. The smallest absolute Gasteiger partial charge is 0.355 e. The van der Waals surface area contributed by atoms with Crippen LogP contribution >= 0.6 is 22.9 Å². The maximum absolute atomic E-state index is 10.6. The number of carbonyl (C=O) groups is 1. The lowest BCUT2D eigenvalue weighted by Crippen LogP contribution is -2.07. The Balaban J connectivity index is 1.86. The molecule has 0 radical (unpaired) electrons. The van der Waals surface area contributed by atoms with Gasteiger partial charge >= 0.3 is 5.97 Å². The Hall–Kier alpha value is -1.73. The Kier molecular flexibility index (Phi) is 4.06. The molecule has 0 bridgehead atoms. The van der Waals surface area contributed by atoms with Gasteiger partial charge in [-0.05, 0) is 0 Å². The summed E-state index contributed by atoms with van der Waals surface area (Å²) >= 11 is 7.01. The van der Waals surface area contributed by atoms with Crippen LogP contribution < -0.4 is 5.32 Å². The van der Waals surface area contributed by atoms with Crippen LogP contribution in [0, 0.1) is 0 Å². The van der Waals surface area contributed by atoms with Gasteiger partial charge in [-0.1, -0.05) is 11.6 Å². The molecule has 2 aromatic rings. The van der Waals surface area contributed by atoms with Crippen molar-refractivity contribution in [1.82, 2.24) is 15.0 Å². The first-order valence-corrected chi connectivity index (χ1v) is 6.30. The predicted octanol–water partition coefficient (Wildman–Crippen LogP) is 1.94. The fourth-order valence-electron chi connectivity index (χ4n) is 1.25. The average Bonchev–Trinajstić information content (AvgIpc) is 2.78. The highest BCUT2D eigenvalue weighted by Crippen LogP contribution is 2.11. The molecule has 2 aromatic heterocycles. The lowest BCUT2D eigenvalue weighted by molar-refractivity contribution is 0.0691. The Morgan fingerprint density at radius 2 is 2.28 bits per heavy atom. The number of hydrogen-bond acceptors (Lipinski definition) is 6. The summed E-state index contributed by atoms with van der Waals surface area (Å²) in [4.78, 5) is 22.5. The summed E-state index contributed by atoms with van der Waals surface area (Å²) < 4.78 is 0. The van der Waals surface area contributed by atoms with Gasteiger partial charge in [-0.25, -0.2) is 14.8 Å². The van der Waals surface area contributed by atoms with Crippen molar-refractivity contribution in [1.29, 1.82) is 0 Å². The molecule has 0 saturated heterocycles. The van der Waals surface area contributed by atoms with Crippen molar-refractivity contribution in [2.75, 3.05) is 11.9 Å². The van der Waals surface area contributed by atoms with Crippen molar-refractivity contribution in [3.63, 3.8) is 0 Å². The molecule has 2 N–H and O–H groups in total. The van der Waals surface area contributed by atoms with Gasteiger partial charge in [0.15, 0.2) is 5.69 Å². The van der Waals surface area contributed by atoms with Crippen LogP contribution in [0.1, 0.15) is 15.5 Å². The van der Waals surface area contributed by atoms with E-state index >= 15 is 0 Å². The van der Waals surface area contributed by atoms with Gasteiger partial charge in [-0.15, -0.1) is 11.3 Å². The molecule has 2 rings (SSSR count). The number of halogens is 1. The minimum atomic E-state index is -1.01. The molecule has 94 valence electrons. The average molecular weight is 285 g/mol. The molecule has 0 aromatic carbocycles. The molecule has 0 spiro atoms. The number of nitrogens with zero attached hydrogens (tertiary/aromatic N) is 3. The molecular formula is C10H9ClN4O2S. The van der Waals surface area contributed by atoms with Crippen molar-refractivity contribution < 1.29 is 9.90 Å². The molecule has 6 nitrogen and oxygen atoms in total. The van der Waals surface area contributed by atoms with E-state index in [1.54, 1.807) is 6.20 Å². The summed E-state index contributed by atoms with van der Waals surface area (Å²) in [6.45, 7) is 0.585. The van der Waals surface area contributed by atoms with E-state index in [2.05, 4.69) is 20.3 Å². The van der Waals surface area contributed by atoms with Gasteiger partial charge in [0.1, 0.15) is 11.0 Å². The minimum Gasteiger partial charge on any atom is -0.476 e. The van der Waals surface area contributed by atoms with Crippen LogP contribution in [0.15, 0.2) is 17.8 Å². The number of carboxylic acid groups (broad SMARTS) is 1. The zero-order chi connectivity index (χ0) is 13.0. The number of carboxylic acids is 1. The Labute approximate surface area is 112 Å². The summed E-state index contributed by atoms with van der Waals surface area (Å²) in [5.74, 6) is -0.427. The maximum Gasteiger partial charge on any atom is 0.355 e. The summed E-state index contributed by atoms with van der Waals surface area (Å²) in [7, 11) is 0. The molecule has 8 heteroatoms. The second-order valence-electron chi connectivity index (χ2n) is 3.34. The number of aromatic carboxylic acids is 1. The topological polar surface area (TPSA) is 88.0 Å². The molecule has 0 aliphatic rings. The lowest BCUT2D eigenvalue weighted by atomic mass is 10.4. The zero-order valence-corrected chi connectivity index (χ0v) is 10.7. The number of anilines is 1. The first-order valence-electron chi connectivity index (χ1n) is 5.04. The van der Waals surface area contributed by atoms with E-state index in [1.165, 1.54) is 22.9 Å². The van der Waals surface area contributed by atoms with Crippen molar-refractivity contribution in [3.8, 4) is 0 Å². The van der Waals surface area contributed by atoms with Gasteiger partial charge in [0.25, 0.3) is 0 Å². The van der Waals surface area contributed by atoms with Crippen LogP contribution in [-0.4, -0.2) is 32.6 Å². The standard InChI is InChI=1S/C10H9ClN4O2S/c11-7-3-12-4-8(15-7)13-2-1-9-14-6(5-18-9)10(16)17/h3-5H,1-2H2,(H,13,15)(H,16,17).